The maximum absolute atomic E-state index is 5.99. The first-order valence-electron chi connectivity index (χ1n) is 7.39. The predicted molar refractivity (Wildman–Crippen MR) is 82.1 cm³/mol. The normalized spacial score (nSPS) is 15.2. The fourth-order valence-electron chi connectivity index (χ4n) is 2.92. The highest BCUT2D eigenvalue weighted by atomic mass is 28.4. The molecule has 0 saturated heterocycles. The quantitative estimate of drug-likeness (QED) is 0.436. The lowest BCUT2D eigenvalue weighted by molar-refractivity contribution is 0.171. The van der Waals surface area contributed by atoms with Gasteiger partial charge in [0, 0.05) is 19.3 Å². The molecule has 0 aliphatic heterocycles. The van der Waals surface area contributed by atoms with E-state index in [0.29, 0.717) is 11.8 Å². The summed E-state index contributed by atoms with van der Waals surface area (Å²) in [7, 11) is 1.55. The molecule has 1 unspecified atom stereocenters. The van der Waals surface area contributed by atoms with Crippen molar-refractivity contribution in [2.45, 2.75) is 71.9 Å². The standard InChI is InChI=1S/C15H34O2Si/c1-9-10-11-12-18(16-7,17-8)15(5,6)14(4)13(2)3/h13-14H,9-12H2,1-8H3. The van der Waals surface area contributed by atoms with Gasteiger partial charge in [0.1, 0.15) is 0 Å². The molecular weight excluding hydrogens is 240 g/mol. The summed E-state index contributed by atoms with van der Waals surface area (Å²) in [6, 6.07) is 1.11. The molecule has 0 saturated carbocycles. The van der Waals surface area contributed by atoms with Gasteiger partial charge in [0.2, 0.25) is 0 Å². The number of rotatable bonds is 9. The average Bonchev–Trinajstić information content (AvgIpc) is 2.33. The summed E-state index contributed by atoms with van der Waals surface area (Å²) >= 11 is 0. The van der Waals surface area contributed by atoms with E-state index in [1.807, 2.05) is 14.2 Å². The van der Waals surface area contributed by atoms with Crippen molar-refractivity contribution < 1.29 is 8.85 Å². The monoisotopic (exact) mass is 274 g/mol. The van der Waals surface area contributed by atoms with Crippen LogP contribution in [0.3, 0.4) is 0 Å². The van der Waals surface area contributed by atoms with Crippen molar-refractivity contribution in [1.82, 2.24) is 0 Å². The van der Waals surface area contributed by atoms with Crippen LogP contribution in [-0.2, 0) is 8.85 Å². The van der Waals surface area contributed by atoms with Gasteiger partial charge in [-0.2, -0.15) is 0 Å². The van der Waals surface area contributed by atoms with E-state index in [0.717, 1.165) is 6.04 Å². The van der Waals surface area contributed by atoms with Crippen LogP contribution in [0.5, 0.6) is 0 Å². The Hall–Kier alpha value is 0.137. The molecule has 1 atom stereocenters. The lowest BCUT2D eigenvalue weighted by Gasteiger charge is -2.46. The molecular formula is C15H34O2Si. The van der Waals surface area contributed by atoms with E-state index in [2.05, 4.69) is 41.5 Å². The van der Waals surface area contributed by atoms with Crippen molar-refractivity contribution >= 4 is 8.56 Å². The van der Waals surface area contributed by atoms with Gasteiger partial charge in [-0.25, -0.2) is 0 Å². The third-order valence-corrected chi connectivity index (χ3v) is 9.64. The Bertz CT molecular complexity index is 223. The molecule has 0 radical (unpaired) electrons. The summed E-state index contributed by atoms with van der Waals surface area (Å²) in [4.78, 5) is 0. The maximum atomic E-state index is 5.99. The van der Waals surface area contributed by atoms with Crippen LogP contribution in [0.2, 0.25) is 11.1 Å². The molecule has 0 aromatic heterocycles. The maximum Gasteiger partial charge on any atom is 0.343 e. The SMILES string of the molecule is CCCCC[Si](OC)(OC)C(C)(C)C(C)C(C)C. The molecule has 0 heterocycles. The lowest BCUT2D eigenvalue weighted by Crippen LogP contribution is -2.53. The molecule has 3 heteroatoms. The Morgan fingerprint density at radius 1 is 1.00 bits per heavy atom. The van der Waals surface area contributed by atoms with Crippen molar-refractivity contribution in [2.24, 2.45) is 11.8 Å². The van der Waals surface area contributed by atoms with Crippen LogP contribution >= 0.6 is 0 Å². The Kier molecular flexibility index (Phi) is 7.72. The van der Waals surface area contributed by atoms with Crippen LogP contribution in [0.1, 0.15) is 60.8 Å². The summed E-state index contributed by atoms with van der Waals surface area (Å²) in [5.74, 6) is 1.26. The average molecular weight is 275 g/mol. The summed E-state index contributed by atoms with van der Waals surface area (Å²) in [6.45, 7) is 13.8. The molecule has 0 amide bonds. The van der Waals surface area contributed by atoms with Crippen LogP contribution in [0, 0.1) is 11.8 Å². The Balaban J connectivity index is 5.04. The third kappa shape index (κ3) is 3.81. The zero-order valence-corrected chi connectivity index (χ0v) is 14.8. The number of unbranched alkanes of at least 4 members (excludes halogenated alkanes) is 2. The molecule has 0 aromatic rings. The first kappa shape index (κ1) is 18.1. The lowest BCUT2D eigenvalue weighted by atomic mass is 9.86. The highest BCUT2D eigenvalue weighted by Gasteiger charge is 2.53. The van der Waals surface area contributed by atoms with Gasteiger partial charge in [0.25, 0.3) is 0 Å². The largest absolute Gasteiger partial charge is 0.397 e. The molecule has 110 valence electrons. The summed E-state index contributed by atoms with van der Waals surface area (Å²) in [5.41, 5.74) is 0. The van der Waals surface area contributed by atoms with Crippen LogP contribution in [0.25, 0.3) is 0 Å². The van der Waals surface area contributed by atoms with Gasteiger partial charge in [-0.1, -0.05) is 60.8 Å². The van der Waals surface area contributed by atoms with E-state index in [4.69, 9.17) is 8.85 Å². The second-order valence-corrected chi connectivity index (χ2v) is 10.5. The topological polar surface area (TPSA) is 18.5 Å². The van der Waals surface area contributed by atoms with Crippen molar-refractivity contribution in [3.8, 4) is 0 Å². The van der Waals surface area contributed by atoms with Gasteiger partial charge in [-0.3, -0.25) is 0 Å². The molecule has 2 nitrogen and oxygen atoms in total. The Morgan fingerprint density at radius 2 is 1.50 bits per heavy atom. The van der Waals surface area contributed by atoms with E-state index in [1.165, 1.54) is 19.3 Å². The van der Waals surface area contributed by atoms with Crippen molar-refractivity contribution in [2.75, 3.05) is 14.2 Å². The summed E-state index contributed by atoms with van der Waals surface area (Å²) in [6.07, 6.45) is 3.74. The van der Waals surface area contributed by atoms with E-state index >= 15 is 0 Å². The summed E-state index contributed by atoms with van der Waals surface area (Å²) in [5, 5.41) is 0.137. The molecule has 0 spiro atoms. The van der Waals surface area contributed by atoms with Gasteiger partial charge >= 0.3 is 8.56 Å². The minimum atomic E-state index is -2.13. The van der Waals surface area contributed by atoms with Crippen molar-refractivity contribution in [1.29, 1.82) is 0 Å². The van der Waals surface area contributed by atoms with Crippen LogP contribution in [0.4, 0.5) is 0 Å². The van der Waals surface area contributed by atoms with Gasteiger partial charge in [-0.15, -0.1) is 0 Å². The molecule has 0 N–H and O–H groups in total. The number of hydrogen-bond acceptors (Lipinski definition) is 2. The third-order valence-electron chi connectivity index (χ3n) is 4.89. The molecule has 0 aliphatic rings. The fourth-order valence-corrected chi connectivity index (χ4v) is 6.94. The zero-order valence-electron chi connectivity index (χ0n) is 13.8. The second kappa shape index (κ2) is 7.66. The predicted octanol–water partition coefficient (Wildman–Crippen LogP) is 4.98. The highest BCUT2D eigenvalue weighted by Crippen LogP contribution is 2.50. The summed E-state index contributed by atoms with van der Waals surface area (Å²) < 4.78 is 12.0. The van der Waals surface area contributed by atoms with Gasteiger partial charge in [0.15, 0.2) is 0 Å². The molecule has 18 heavy (non-hydrogen) atoms. The van der Waals surface area contributed by atoms with Crippen molar-refractivity contribution in [3.05, 3.63) is 0 Å². The van der Waals surface area contributed by atoms with E-state index in [1.54, 1.807) is 0 Å². The highest BCUT2D eigenvalue weighted by molar-refractivity contribution is 6.70. The van der Waals surface area contributed by atoms with E-state index in [9.17, 15) is 0 Å². The first-order valence-corrected chi connectivity index (χ1v) is 9.41. The van der Waals surface area contributed by atoms with Crippen LogP contribution in [-0.4, -0.2) is 22.8 Å². The van der Waals surface area contributed by atoms with Crippen LogP contribution < -0.4 is 0 Å². The van der Waals surface area contributed by atoms with Gasteiger partial charge < -0.3 is 8.85 Å². The van der Waals surface area contributed by atoms with Crippen molar-refractivity contribution in [3.63, 3.8) is 0 Å². The minimum Gasteiger partial charge on any atom is -0.397 e. The Morgan fingerprint density at radius 3 is 1.83 bits per heavy atom. The van der Waals surface area contributed by atoms with Gasteiger partial charge in [0.05, 0.1) is 0 Å². The minimum absolute atomic E-state index is 0.137. The fraction of sp³-hybridized carbons (Fsp3) is 1.00. The number of hydrogen-bond donors (Lipinski definition) is 0. The first-order chi connectivity index (χ1) is 8.29. The zero-order chi connectivity index (χ0) is 14.4. The molecule has 0 bridgehead atoms. The van der Waals surface area contributed by atoms with Crippen LogP contribution in [0.15, 0.2) is 0 Å². The van der Waals surface area contributed by atoms with Gasteiger partial charge in [-0.05, 0) is 17.9 Å². The Labute approximate surface area is 116 Å². The second-order valence-electron chi connectivity index (χ2n) is 6.37. The molecule has 0 fully saturated rings. The molecule has 0 aliphatic carbocycles. The van der Waals surface area contributed by atoms with E-state index in [-0.39, 0.29) is 5.04 Å². The van der Waals surface area contributed by atoms with E-state index < -0.39 is 8.56 Å². The smallest absolute Gasteiger partial charge is 0.343 e. The molecule has 0 aromatic carbocycles. The molecule has 0 rings (SSSR count).